The van der Waals surface area contributed by atoms with Gasteiger partial charge in [0.25, 0.3) is 0 Å². The number of hydrogen-bond donors (Lipinski definition) is 1. The minimum atomic E-state index is -0.0394. The fourth-order valence-electron chi connectivity index (χ4n) is 1.12. The first kappa shape index (κ1) is 7.76. The maximum Gasteiger partial charge on any atom is 0.138 e. The molecule has 2 aromatic rings. The molecule has 0 spiro atoms. The van der Waals surface area contributed by atoms with Crippen molar-refractivity contribution >= 4 is 21.6 Å². The Morgan fingerprint density at radius 2 is 2.33 bits per heavy atom. The predicted molar refractivity (Wildman–Crippen MR) is 48.8 cm³/mol. The first-order valence-corrected chi connectivity index (χ1v) is 4.34. The second kappa shape index (κ2) is 2.88. The van der Waals surface area contributed by atoms with Crippen molar-refractivity contribution in [2.45, 2.75) is 6.61 Å². The lowest BCUT2D eigenvalue weighted by Gasteiger charge is -1.92. The van der Waals surface area contributed by atoms with Crippen molar-refractivity contribution in [1.82, 2.24) is 9.38 Å². The average molecular weight is 227 g/mol. The number of rotatable bonds is 1. The second-order valence-electron chi connectivity index (χ2n) is 2.44. The van der Waals surface area contributed by atoms with E-state index in [0.29, 0.717) is 5.69 Å². The van der Waals surface area contributed by atoms with Crippen molar-refractivity contribution in [3.63, 3.8) is 0 Å². The summed E-state index contributed by atoms with van der Waals surface area (Å²) in [5.41, 5.74) is 1.51. The molecule has 2 rings (SSSR count). The zero-order chi connectivity index (χ0) is 8.55. The number of fused-ring (bicyclic) bond motifs is 1. The third-order valence-electron chi connectivity index (χ3n) is 1.69. The van der Waals surface area contributed by atoms with Gasteiger partial charge in [0.2, 0.25) is 0 Å². The Kier molecular flexibility index (Phi) is 1.86. The molecule has 0 aliphatic rings. The number of aliphatic hydroxyl groups excluding tert-OH is 1. The molecular formula is C8H7BrN2O. The highest BCUT2D eigenvalue weighted by Gasteiger charge is 2.06. The zero-order valence-electron chi connectivity index (χ0n) is 6.24. The average Bonchev–Trinajstić information content (AvgIpc) is 2.44. The van der Waals surface area contributed by atoms with Crippen LogP contribution in [0.2, 0.25) is 0 Å². The Morgan fingerprint density at radius 3 is 3.00 bits per heavy atom. The monoisotopic (exact) mass is 226 g/mol. The van der Waals surface area contributed by atoms with Gasteiger partial charge in [0.05, 0.1) is 12.3 Å². The molecule has 0 amide bonds. The summed E-state index contributed by atoms with van der Waals surface area (Å²) >= 11 is 3.35. The minimum Gasteiger partial charge on any atom is -0.390 e. The summed E-state index contributed by atoms with van der Waals surface area (Å²) in [4.78, 5) is 4.20. The largest absolute Gasteiger partial charge is 0.390 e. The highest BCUT2D eigenvalue weighted by Crippen LogP contribution is 2.18. The number of nitrogens with zero attached hydrogens (tertiary/aromatic N) is 2. The summed E-state index contributed by atoms with van der Waals surface area (Å²) in [6.45, 7) is -0.0394. The van der Waals surface area contributed by atoms with Crippen molar-refractivity contribution in [2.24, 2.45) is 0 Å². The second-order valence-corrected chi connectivity index (χ2v) is 3.19. The summed E-state index contributed by atoms with van der Waals surface area (Å²) in [6.07, 6.45) is 1.89. The van der Waals surface area contributed by atoms with Crippen molar-refractivity contribution in [1.29, 1.82) is 0 Å². The maximum absolute atomic E-state index is 8.91. The van der Waals surface area contributed by atoms with E-state index < -0.39 is 0 Å². The van der Waals surface area contributed by atoms with E-state index >= 15 is 0 Å². The molecular weight excluding hydrogens is 220 g/mol. The van der Waals surface area contributed by atoms with Gasteiger partial charge in [0.1, 0.15) is 10.3 Å². The topological polar surface area (TPSA) is 37.5 Å². The molecule has 0 unspecified atom stereocenters. The van der Waals surface area contributed by atoms with Crippen LogP contribution >= 0.6 is 15.9 Å². The summed E-state index contributed by atoms with van der Waals surface area (Å²) < 4.78 is 2.70. The number of hydrogen-bond acceptors (Lipinski definition) is 2. The van der Waals surface area contributed by atoms with Gasteiger partial charge in [-0.3, -0.25) is 4.40 Å². The Morgan fingerprint density at radius 1 is 1.50 bits per heavy atom. The Hall–Kier alpha value is -0.870. The number of aromatic nitrogens is 2. The minimum absolute atomic E-state index is 0.0394. The van der Waals surface area contributed by atoms with Crippen molar-refractivity contribution < 1.29 is 5.11 Å². The van der Waals surface area contributed by atoms with Crippen molar-refractivity contribution in [3.05, 3.63) is 34.7 Å². The quantitative estimate of drug-likeness (QED) is 0.803. The van der Waals surface area contributed by atoms with E-state index in [-0.39, 0.29) is 6.61 Å². The smallest absolute Gasteiger partial charge is 0.138 e. The van der Waals surface area contributed by atoms with Crippen LogP contribution in [-0.2, 0) is 6.61 Å². The fourth-order valence-corrected chi connectivity index (χ4v) is 1.63. The number of halogens is 1. The van der Waals surface area contributed by atoms with Gasteiger partial charge in [0, 0.05) is 6.20 Å². The molecule has 2 heterocycles. The van der Waals surface area contributed by atoms with Crippen LogP contribution in [0.3, 0.4) is 0 Å². The zero-order valence-corrected chi connectivity index (χ0v) is 7.82. The van der Waals surface area contributed by atoms with E-state index in [1.54, 1.807) is 0 Å². The molecule has 4 heteroatoms. The van der Waals surface area contributed by atoms with Gasteiger partial charge < -0.3 is 5.11 Å². The molecule has 0 bridgehead atoms. The summed E-state index contributed by atoms with van der Waals surface area (Å²) in [5, 5.41) is 8.91. The van der Waals surface area contributed by atoms with Crippen LogP contribution in [0, 0.1) is 0 Å². The van der Waals surface area contributed by atoms with E-state index in [9.17, 15) is 0 Å². The fraction of sp³-hybridized carbons (Fsp3) is 0.125. The molecule has 0 aliphatic heterocycles. The molecule has 2 aromatic heterocycles. The van der Waals surface area contributed by atoms with Crippen LogP contribution < -0.4 is 0 Å². The van der Waals surface area contributed by atoms with E-state index in [0.717, 1.165) is 10.3 Å². The first-order valence-electron chi connectivity index (χ1n) is 3.55. The van der Waals surface area contributed by atoms with Crippen molar-refractivity contribution in [3.8, 4) is 0 Å². The van der Waals surface area contributed by atoms with Crippen LogP contribution in [0.15, 0.2) is 29.0 Å². The molecule has 0 fully saturated rings. The molecule has 0 atom stereocenters. The molecule has 0 aromatic carbocycles. The molecule has 0 saturated carbocycles. The standard InChI is InChI=1S/C8H7BrN2O/c9-8-6(5-12)10-7-3-1-2-4-11(7)8/h1-4,12H,5H2. The molecule has 0 radical (unpaired) electrons. The highest BCUT2D eigenvalue weighted by molar-refractivity contribution is 9.10. The lowest BCUT2D eigenvalue weighted by Crippen LogP contribution is -1.84. The molecule has 1 N–H and O–H groups in total. The van der Waals surface area contributed by atoms with Crippen LogP contribution in [-0.4, -0.2) is 14.5 Å². The summed E-state index contributed by atoms with van der Waals surface area (Å²) in [7, 11) is 0. The van der Waals surface area contributed by atoms with E-state index in [1.807, 2.05) is 28.8 Å². The van der Waals surface area contributed by atoms with Crippen molar-refractivity contribution in [2.75, 3.05) is 0 Å². The van der Waals surface area contributed by atoms with Gasteiger partial charge in [-0.15, -0.1) is 0 Å². The number of aliphatic hydroxyl groups is 1. The molecule has 62 valence electrons. The van der Waals surface area contributed by atoms with Crippen LogP contribution in [0.25, 0.3) is 5.65 Å². The van der Waals surface area contributed by atoms with E-state index in [4.69, 9.17) is 5.11 Å². The van der Waals surface area contributed by atoms with E-state index in [1.165, 1.54) is 0 Å². The normalized spacial score (nSPS) is 10.8. The number of pyridine rings is 1. The lowest BCUT2D eigenvalue weighted by molar-refractivity contribution is 0.276. The van der Waals surface area contributed by atoms with Gasteiger partial charge in [0.15, 0.2) is 0 Å². The number of imidazole rings is 1. The molecule has 0 aliphatic carbocycles. The van der Waals surface area contributed by atoms with Gasteiger partial charge in [-0.05, 0) is 28.1 Å². The third-order valence-corrected chi connectivity index (χ3v) is 2.53. The SMILES string of the molecule is OCc1nc2ccccn2c1Br. The maximum atomic E-state index is 8.91. The van der Waals surface area contributed by atoms with Gasteiger partial charge in [-0.25, -0.2) is 4.98 Å². The lowest BCUT2D eigenvalue weighted by atomic mass is 10.5. The first-order chi connectivity index (χ1) is 5.83. The molecule has 3 nitrogen and oxygen atoms in total. The van der Waals surface area contributed by atoms with Crippen LogP contribution in [0.4, 0.5) is 0 Å². The summed E-state index contributed by atoms with van der Waals surface area (Å²) in [6, 6.07) is 5.72. The highest BCUT2D eigenvalue weighted by atomic mass is 79.9. The Balaban J connectivity index is 2.78. The van der Waals surface area contributed by atoms with Gasteiger partial charge >= 0.3 is 0 Å². The third kappa shape index (κ3) is 1.04. The Labute approximate surface area is 77.8 Å². The van der Waals surface area contributed by atoms with Gasteiger partial charge in [-0.2, -0.15) is 0 Å². The predicted octanol–water partition coefficient (Wildman–Crippen LogP) is 1.59. The van der Waals surface area contributed by atoms with Crippen LogP contribution in [0.1, 0.15) is 5.69 Å². The summed E-state index contributed by atoms with van der Waals surface area (Å²) in [5.74, 6) is 0. The van der Waals surface area contributed by atoms with Crippen LogP contribution in [0.5, 0.6) is 0 Å². The van der Waals surface area contributed by atoms with E-state index in [2.05, 4.69) is 20.9 Å². The molecule has 0 saturated heterocycles. The van der Waals surface area contributed by atoms with Gasteiger partial charge in [-0.1, -0.05) is 6.07 Å². The Bertz CT molecular complexity index is 410. The molecule has 12 heavy (non-hydrogen) atoms.